The number of alkyl halides is 3. The van der Waals surface area contributed by atoms with E-state index in [1.54, 1.807) is 12.1 Å². The summed E-state index contributed by atoms with van der Waals surface area (Å²) in [6.45, 7) is 4.89. The summed E-state index contributed by atoms with van der Waals surface area (Å²) in [6.07, 6.45) is -3.39. The van der Waals surface area contributed by atoms with Crippen LogP contribution in [-0.2, 0) is 6.18 Å². The van der Waals surface area contributed by atoms with E-state index in [0.717, 1.165) is 13.0 Å². The van der Waals surface area contributed by atoms with Crippen molar-refractivity contribution in [3.8, 4) is 0 Å². The van der Waals surface area contributed by atoms with E-state index in [4.69, 9.17) is 0 Å². The van der Waals surface area contributed by atoms with Crippen LogP contribution in [0.15, 0.2) is 24.3 Å². The van der Waals surface area contributed by atoms with Crippen molar-refractivity contribution in [2.75, 3.05) is 6.54 Å². The third-order valence-corrected chi connectivity index (χ3v) is 3.38. The fraction of sp³-hybridized carbons (Fsp3) is 0.571. The van der Waals surface area contributed by atoms with Crippen molar-refractivity contribution in [3.63, 3.8) is 0 Å². The van der Waals surface area contributed by atoms with Gasteiger partial charge in [0.2, 0.25) is 0 Å². The Balaban J connectivity index is 2.07. The second kappa shape index (κ2) is 4.92. The normalized spacial score (nSPS) is 23.4. The summed E-state index contributed by atoms with van der Waals surface area (Å²) in [4.78, 5) is 0. The largest absolute Gasteiger partial charge is 0.416 e. The van der Waals surface area contributed by atoms with Crippen LogP contribution in [0.4, 0.5) is 13.2 Å². The van der Waals surface area contributed by atoms with Gasteiger partial charge in [0.1, 0.15) is 0 Å². The standard InChI is InChI=1S/C14H18F3N/c1-9(2)18-8-10-7-12(10)11-5-3-4-6-13(11)14(15,16)17/h3-6,9-10,12,18H,7-8H2,1-2H3. The molecule has 1 aliphatic carbocycles. The predicted molar refractivity (Wildman–Crippen MR) is 65.4 cm³/mol. The number of hydrogen-bond acceptors (Lipinski definition) is 1. The Hall–Kier alpha value is -1.03. The van der Waals surface area contributed by atoms with Gasteiger partial charge in [0.25, 0.3) is 0 Å². The quantitative estimate of drug-likeness (QED) is 0.865. The molecule has 4 heteroatoms. The highest BCUT2D eigenvalue weighted by molar-refractivity contribution is 5.36. The number of nitrogens with one attached hydrogen (secondary N) is 1. The van der Waals surface area contributed by atoms with Gasteiger partial charge in [-0.3, -0.25) is 0 Å². The minimum Gasteiger partial charge on any atom is -0.314 e. The van der Waals surface area contributed by atoms with Crippen molar-refractivity contribution in [3.05, 3.63) is 35.4 Å². The van der Waals surface area contributed by atoms with E-state index >= 15 is 0 Å². The first kappa shape index (κ1) is 13.4. The molecule has 1 nitrogen and oxygen atoms in total. The summed E-state index contributed by atoms with van der Waals surface area (Å²) < 4.78 is 38.6. The van der Waals surface area contributed by atoms with E-state index in [0.29, 0.717) is 17.5 Å². The van der Waals surface area contributed by atoms with Crippen LogP contribution in [0.1, 0.15) is 37.3 Å². The third kappa shape index (κ3) is 3.05. The van der Waals surface area contributed by atoms with Gasteiger partial charge in [-0.1, -0.05) is 32.0 Å². The van der Waals surface area contributed by atoms with Gasteiger partial charge in [0, 0.05) is 6.04 Å². The smallest absolute Gasteiger partial charge is 0.314 e. The van der Waals surface area contributed by atoms with Crippen molar-refractivity contribution < 1.29 is 13.2 Å². The first-order valence-electron chi connectivity index (χ1n) is 6.29. The Morgan fingerprint density at radius 3 is 2.56 bits per heavy atom. The average molecular weight is 257 g/mol. The molecule has 2 rings (SSSR count). The van der Waals surface area contributed by atoms with Crippen LogP contribution in [-0.4, -0.2) is 12.6 Å². The lowest BCUT2D eigenvalue weighted by Gasteiger charge is -2.13. The molecule has 0 spiro atoms. The van der Waals surface area contributed by atoms with Crippen molar-refractivity contribution in [1.82, 2.24) is 5.32 Å². The van der Waals surface area contributed by atoms with Gasteiger partial charge >= 0.3 is 6.18 Å². The van der Waals surface area contributed by atoms with E-state index in [1.165, 1.54) is 12.1 Å². The monoisotopic (exact) mass is 257 g/mol. The van der Waals surface area contributed by atoms with E-state index in [2.05, 4.69) is 5.32 Å². The van der Waals surface area contributed by atoms with Crippen LogP contribution in [0.3, 0.4) is 0 Å². The zero-order valence-corrected chi connectivity index (χ0v) is 10.6. The van der Waals surface area contributed by atoms with Gasteiger partial charge in [-0.25, -0.2) is 0 Å². The van der Waals surface area contributed by atoms with Crippen molar-refractivity contribution in [2.45, 2.75) is 38.4 Å². The lowest BCUT2D eigenvalue weighted by Crippen LogP contribution is -2.25. The van der Waals surface area contributed by atoms with Gasteiger partial charge in [-0.05, 0) is 36.4 Å². The highest BCUT2D eigenvalue weighted by Gasteiger charge is 2.43. The second-order valence-corrected chi connectivity index (χ2v) is 5.25. The SMILES string of the molecule is CC(C)NCC1CC1c1ccccc1C(F)(F)F. The lowest BCUT2D eigenvalue weighted by molar-refractivity contribution is -0.138. The number of benzene rings is 1. The minimum atomic E-state index is -4.24. The fourth-order valence-electron chi connectivity index (χ4n) is 2.32. The predicted octanol–water partition coefficient (Wildman–Crippen LogP) is 3.81. The molecule has 0 saturated heterocycles. The summed E-state index contributed by atoms with van der Waals surface area (Å²) in [6, 6.07) is 6.32. The molecule has 1 aromatic rings. The summed E-state index contributed by atoms with van der Waals surface area (Å²) in [5.74, 6) is 0.407. The molecule has 0 amide bonds. The first-order valence-corrected chi connectivity index (χ1v) is 6.29. The molecule has 0 aliphatic heterocycles. The zero-order chi connectivity index (χ0) is 13.3. The molecule has 1 fully saturated rings. The molecule has 18 heavy (non-hydrogen) atoms. The number of hydrogen-bond donors (Lipinski definition) is 1. The van der Waals surface area contributed by atoms with Crippen LogP contribution in [0.25, 0.3) is 0 Å². The van der Waals surface area contributed by atoms with E-state index in [-0.39, 0.29) is 5.92 Å². The summed E-state index contributed by atoms with van der Waals surface area (Å²) >= 11 is 0. The molecule has 2 unspecified atom stereocenters. The Bertz CT molecular complexity index is 412. The lowest BCUT2D eigenvalue weighted by atomic mass is 10.0. The molecule has 0 radical (unpaired) electrons. The van der Waals surface area contributed by atoms with Crippen molar-refractivity contribution in [2.24, 2.45) is 5.92 Å². The minimum absolute atomic E-state index is 0.0640. The van der Waals surface area contributed by atoms with Crippen LogP contribution in [0.5, 0.6) is 0 Å². The van der Waals surface area contributed by atoms with Gasteiger partial charge in [0.15, 0.2) is 0 Å². The molecule has 0 heterocycles. The number of rotatable bonds is 4. The molecule has 2 atom stereocenters. The van der Waals surface area contributed by atoms with Gasteiger partial charge in [0.05, 0.1) is 5.56 Å². The molecule has 1 aliphatic rings. The molecule has 0 bridgehead atoms. The summed E-state index contributed by atoms with van der Waals surface area (Å²) in [5.41, 5.74) is -0.0115. The van der Waals surface area contributed by atoms with Crippen LogP contribution in [0, 0.1) is 5.92 Å². The van der Waals surface area contributed by atoms with Crippen LogP contribution < -0.4 is 5.32 Å². The first-order chi connectivity index (χ1) is 8.39. The maximum absolute atomic E-state index is 12.9. The molecular weight excluding hydrogens is 239 g/mol. The Kier molecular flexibility index (Phi) is 3.66. The molecule has 1 aromatic carbocycles. The van der Waals surface area contributed by atoms with Crippen LogP contribution >= 0.6 is 0 Å². The van der Waals surface area contributed by atoms with Gasteiger partial charge < -0.3 is 5.32 Å². The van der Waals surface area contributed by atoms with E-state index in [9.17, 15) is 13.2 Å². The van der Waals surface area contributed by atoms with Gasteiger partial charge in [-0.2, -0.15) is 13.2 Å². The van der Waals surface area contributed by atoms with E-state index < -0.39 is 11.7 Å². The number of halogens is 3. The molecule has 0 aromatic heterocycles. The summed E-state index contributed by atoms with van der Waals surface area (Å²) in [7, 11) is 0. The highest BCUT2D eigenvalue weighted by Crippen LogP contribution is 2.50. The van der Waals surface area contributed by atoms with Gasteiger partial charge in [-0.15, -0.1) is 0 Å². The average Bonchev–Trinajstić information content (AvgIpc) is 3.04. The highest BCUT2D eigenvalue weighted by atomic mass is 19.4. The van der Waals surface area contributed by atoms with E-state index in [1.807, 2.05) is 13.8 Å². The maximum Gasteiger partial charge on any atom is 0.416 e. The Morgan fingerprint density at radius 1 is 1.28 bits per heavy atom. The van der Waals surface area contributed by atoms with Crippen LogP contribution in [0.2, 0.25) is 0 Å². The van der Waals surface area contributed by atoms with Crippen molar-refractivity contribution >= 4 is 0 Å². The molecule has 1 saturated carbocycles. The fourth-order valence-corrected chi connectivity index (χ4v) is 2.32. The Morgan fingerprint density at radius 2 is 1.94 bits per heavy atom. The molecular formula is C14H18F3N. The maximum atomic E-state index is 12.9. The van der Waals surface area contributed by atoms with Crippen molar-refractivity contribution in [1.29, 1.82) is 0 Å². The summed E-state index contributed by atoms with van der Waals surface area (Å²) in [5, 5.41) is 3.28. The Labute approximate surface area is 105 Å². The molecule has 100 valence electrons. The topological polar surface area (TPSA) is 12.0 Å². The second-order valence-electron chi connectivity index (χ2n) is 5.25. The third-order valence-electron chi connectivity index (χ3n) is 3.38. The zero-order valence-electron chi connectivity index (χ0n) is 10.6. The molecule has 1 N–H and O–H groups in total.